The zero-order valence-corrected chi connectivity index (χ0v) is 9.86. The quantitative estimate of drug-likeness (QED) is 0.607. The number of nitrogen functional groups attached to an aromatic ring is 1. The van der Waals surface area contributed by atoms with Crippen molar-refractivity contribution >= 4 is 17.3 Å². The van der Waals surface area contributed by atoms with E-state index in [4.69, 9.17) is 15.7 Å². The van der Waals surface area contributed by atoms with Crippen LogP contribution < -0.4 is 11.1 Å². The number of anilines is 2. The standard InChI is InChI=1S/C12H15N3O2/c1-3-17-12(16)8(2)15-11-6-9(7-13)4-5-10(11)14/h4-6,8,15H,3,14H2,1-2H3. The van der Waals surface area contributed by atoms with E-state index < -0.39 is 6.04 Å². The number of ether oxygens (including phenoxy) is 1. The molecule has 0 bridgehead atoms. The number of hydrogen-bond acceptors (Lipinski definition) is 5. The highest BCUT2D eigenvalue weighted by Gasteiger charge is 2.14. The van der Waals surface area contributed by atoms with Gasteiger partial charge in [-0.3, -0.25) is 0 Å². The first-order chi connectivity index (χ1) is 8.08. The number of nitrogens with zero attached hydrogens (tertiary/aromatic N) is 1. The van der Waals surface area contributed by atoms with Crippen LogP contribution in [0.25, 0.3) is 0 Å². The molecular weight excluding hydrogens is 218 g/mol. The first kappa shape index (κ1) is 12.8. The number of benzene rings is 1. The molecule has 0 aliphatic rings. The maximum atomic E-state index is 11.4. The van der Waals surface area contributed by atoms with Crippen molar-refractivity contribution in [1.82, 2.24) is 0 Å². The Morgan fingerprint density at radius 2 is 2.35 bits per heavy atom. The van der Waals surface area contributed by atoms with Crippen molar-refractivity contribution in [3.63, 3.8) is 0 Å². The fraction of sp³-hybridized carbons (Fsp3) is 0.333. The molecule has 0 radical (unpaired) electrons. The van der Waals surface area contributed by atoms with Gasteiger partial charge in [-0.15, -0.1) is 0 Å². The third kappa shape index (κ3) is 3.38. The third-order valence-corrected chi connectivity index (χ3v) is 2.19. The Morgan fingerprint density at radius 3 is 2.94 bits per heavy atom. The van der Waals surface area contributed by atoms with E-state index in [1.54, 1.807) is 32.0 Å². The first-order valence-corrected chi connectivity index (χ1v) is 5.31. The summed E-state index contributed by atoms with van der Waals surface area (Å²) >= 11 is 0. The van der Waals surface area contributed by atoms with Crippen LogP contribution in [-0.2, 0) is 9.53 Å². The zero-order valence-electron chi connectivity index (χ0n) is 9.86. The van der Waals surface area contributed by atoms with Gasteiger partial charge in [-0.25, -0.2) is 4.79 Å². The Hall–Kier alpha value is -2.22. The van der Waals surface area contributed by atoms with Crippen molar-refractivity contribution in [1.29, 1.82) is 5.26 Å². The third-order valence-electron chi connectivity index (χ3n) is 2.19. The highest BCUT2D eigenvalue weighted by Crippen LogP contribution is 2.20. The lowest BCUT2D eigenvalue weighted by atomic mass is 10.1. The molecule has 0 aromatic heterocycles. The molecule has 0 amide bonds. The van der Waals surface area contributed by atoms with E-state index >= 15 is 0 Å². The Balaban J connectivity index is 2.81. The fourth-order valence-electron chi connectivity index (χ4n) is 1.31. The van der Waals surface area contributed by atoms with Crippen LogP contribution in [0.4, 0.5) is 11.4 Å². The zero-order chi connectivity index (χ0) is 12.8. The molecule has 0 saturated heterocycles. The summed E-state index contributed by atoms with van der Waals surface area (Å²) in [7, 11) is 0. The van der Waals surface area contributed by atoms with Crippen molar-refractivity contribution < 1.29 is 9.53 Å². The maximum absolute atomic E-state index is 11.4. The van der Waals surface area contributed by atoms with E-state index in [0.717, 1.165) is 0 Å². The second kappa shape index (κ2) is 5.75. The van der Waals surface area contributed by atoms with E-state index in [1.807, 2.05) is 6.07 Å². The highest BCUT2D eigenvalue weighted by atomic mass is 16.5. The van der Waals surface area contributed by atoms with E-state index in [-0.39, 0.29) is 5.97 Å². The lowest BCUT2D eigenvalue weighted by Crippen LogP contribution is -2.28. The van der Waals surface area contributed by atoms with Gasteiger partial charge >= 0.3 is 5.97 Å². The molecule has 1 atom stereocenters. The maximum Gasteiger partial charge on any atom is 0.328 e. The summed E-state index contributed by atoms with van der Waals surface area (Å²) in [4.78, 5) is 11.4. The number of carbonyl (C=O) groups is 1. The van der Waals surface area contributed by atoms with Gasteiger partial charge in [0, 0.05) is 0 Å². The van der Waals surface area contributed by atoms with Crippen LogP contribution in [0, 0.1) is 11.3 Å². The van der Waals surface area contributed by atoms with Crippen LogP contribution in [0.2, 0.25) is 0 Å². The Morgan fingerprint density at radius 1 is 1.65 bits per heavy atom. The lowest BCUT2D eigenvalue weighted by molar-refractivity contribution is -0.143. The number of rotatable bonds is 4. The van der Waals surface area contributed by atoms with Gasteiger partial charge in [-0.1, -0.05) is 0 Å². The van der Waals surface area contributed by atoms with Gasteiger partial charge in [0.1, 0.15) is 6.04 Å². The summed E-state index contributed by atoms with van der Waals surface area (Å²) in [5, 5.41) is 11.7. The van der Waals surface area contributed by atoms with Gasteiger partial charge in [0.15, 0.2) is 0 Å². The molecule has 90 valence electrons. The smallest absolute Gasteiger partial charge is 0.328 e. The highest BCUT2D eigenvalue weighted by molar-refractivity contribution is 5.81. The topological polar surface area (TPSA) is 88.1 Å². The average Bonchev–Trinajstić information content (AvgIpc) is 2.32. The van der Waals surface area contributed by atoms with E-state index in [1.165, 1.54) is 0 Å². The molecule has 0 saturated carbocycles. The molecule has 0 aliphatic carbocycles. The van der Waals surface area contributed by atoms with Crippen LogP contribution in [0.3, 0.4) is 0 Å². The Labute approximate surface area is 100 Å². The molecule has 17 heavy (non-hydrogen) atoms. The average molecular weight is 233 g/mol. The summed E-state index contributed by atoms with van der Waals surface area (Å²) in [6, 6.07) is 6.35. The van der Waals surface area contributed by atoms with Gasteiger partial charge in [-0.05, 0) is 32.0 Å². The second-order valence-corrected chi connectivity index (χ2v) is 3.53. The van der Waals surface area contributed by atoms with E-state index in [0.29, 0.717) is 23.5 Å². The van der Waals surface area contributed by atoms with E-state index in [2.05, 4.69) is 5.32 Å². The van der Waals surface area contributed by atoms with Crippen molar-refractivity contribution in [3.05, 3.63) is 23.8 Å². The van der Waals surface area contributed by atoms with Crippen LogP contribution >= 0.6 is 0 Å². The second-order valence-electron chi connectivity index (χ2n) is 3.53. The molecular formula is C12H15N3O2. The minimum absolute atomic E-state index is 0.332. The van der Waals surface area contributed by atoms with Crippen molar-refractivity contribution in [2.45, 2.75) is 19.9 Å². The number of esters is 1. The number of nitrogens with one attached hydrogen (secondary N) is 1. The number of hydrogen-bond donors (Lipinski definition) is 2. The first-order valence-electron chi connectivity index (χ1n) is 5.31. The van der Waals surface area contributed by atoms with Gasteiger partial charge in [0.05, 0.1) is 29.6 Å². The molecule has 0 aliphatic heterocycles. The number of carbonyl (C=O) groups excluding carboxylic acids is 1. The molecule has 5 nitrogen and oxygen atoms in total. The van der Waals surface area contributed by atoms with Crippen LogP contribution in [0.1, 0.15) is 19.4 Å². The lowest BCUT2D eigenvalue weighted by Gasteiger charge is -2.15. The summed E-state index contributed by atoms with van der Waals surface area (Å²) in [5.74, 6) is -0.353. The fourth-order valence-corrected chi connectivity index (χ4v) is 1.31. The van der Waals surface area contributed by atoms with E-state index in [9.17, 15) is 4.79 Å². The normalized spacial score (nSPS) is 11.4. The van der Waals surface area contributed by atoms with Crippen molar-refractivity contribution in [3.8, 4) is 6.07 Å². The Kier molecular flexibility index (Phi) is 4.35. The molecule has 1 rings (SSSR count). The van der Waals surface area contributed by atoms with Crippen LogP contribution in [0.5, 0.6) is 0 Å². The minimum Gasteiger partial charge on any atom is -0.464 e. The molecule has 1 aromatic rings. The minimum atomic E-state index is -0.508. The predicted octanol–water partition coefficient (Wildman–Crippen LogP) is 1.50. The molecule has 0 fully saturated rings. The Bertz CT molecular complexity index is 452. The van der Waals surface area contributed by atoms with Crippen molar-refractivity contribution in [2.24, 2.45) is 0 Å². The summed E-state index contributed by atoms with van der Waals surface area (Å²) < 4.78 is 4.87. The predicted molar refractivity (Wildman–Crippen MR) is 65.3 cm³/mol. The van der Waals surface area contributed by atoms with Gasteiger partial charge < -0.3 is 15.8 Å². The van der Waals surface area contributed by atoms with Gasteiger partial charge in [-0.2, -0.15) is 5.26 Å². The molecule has 0 heterocycles. The molecule has 0 spiro atoms. The molecule has 3 N–H and O–H groups in total. The molecule has 5 heteroatoms. The number of nitrogens with two attached hydrogens (primary N) is 1. The molecule has 1 aromatic carbocycles. The number of nitriles is 1. The largest absolute Gasteiger partial charge is 0.464 e. The van der Waals surface area contributed by atoms with Gasteiger partial charge in [0.2, 0.25) is 0 Å². The summed E-state index contributed by atoms with van der Waals surface area (Å²) in [6.45, 7) is 3.75. The summed E-state index contributed by atoms with van der Waals surface area (Å²) in [6.07, 6.45) is 0. The summed E-state index contributed by atoms with van der Waals surface area (Å²) in [5.41, 5.74) is 7.27. The van der Waals surface area contributed by atoms with Crippen LogP contribution in [0.15, 0.2) is 18.2 Å². The van der Waals surface area contributed by atoms with Crippen molar-refractivity contribution in [2.75, 3.05) is 17.7 Å². The monoisotopic (exact) mass is 233 g/mol. The molecule has 1 unspecified atom stereocenters. The van der Waals surface area contributed by atoms with Gasteiger partial charge in [0.25, 0.3) is 0 Å². The van der Waals surface area contributed by atoms with Crippen LogP contribution in [-0.4, -0.2) is 18.6 Å². The SMILES string of the molecule is CCOC(=O)C(C)Nc1cc(C#N)ccc1N.